The van der Waals surface area contributed by atoms with Gasteiger partial charge in [-0.25, -0.2) is 19.6 Å². The number of nitrogen functional groups attached to an aromatic ring is 1. The largest absolute Gasteiger partial charge is 0.481 e. The van der Waals surface area contributed by atoms with E-state index in [0.29, 0.717) is 17.8 Å². The maximum atomic E-state index is 13.9. The molecule has 0 bridgehead atoms. The third-order valence-electron chi connectivity index (χ3n) is 16.7. The van der Waals surface area contributed by atoms with Crippen LogP contribution < -0.4 is 75.9 Å². The number of carbonyl (C=O) groups excluding carboxylic acids is 9. The predicted octanol–water partition coefficient (Wildman–Crippen LogP) is -16.1. The van der Waals surface area contributed by atoms with Crippen LogP contribution in [0.3, 0.4) is 0 Å². The number of aromatic amines is 1. The molecule has 656 valence electrons. The second-order valence-electron chi connectivity index (χ2n) is 25.9. The van der Waals surface area contributed by atoms with Crippen LogP contribution in [0.15, 0.2) is 40.2 Å². The Morgan fingerprint density at radius 3 is 1.29 bits per heavy atom. The predicted molar refractivity (Wildman–Crippen MR) is 397 cm³/mol. The number of benzene rings is 1. The van der Waals surface area contributed by atoms with E-state index in [-0.39, 0.29) is 48.1 Å². The van der Waals surface area contributed by atoms with E-state index in [0.717, 1.165) is 6.92 Å². The number of nitrogens with zero attached hydrogens (tertiary/aromatic N) is 4. The SMILES string of the molecule is CC(=O)N[C@H](C(=O)N[C@@H](CCC(=O)O)C(=O)N[C@H](C(=O)N[C@@H](CS)C(=O)O)[C@@H](O)[C@H](O)[C@H](O)CO)[C@@H](O)[C@H](O)[C@H](O)CO.C[C@H](CCCN=C(N)N)NC(=O)[C@@H](NC(=O)[C@H](CCC(=O)O)NC(=O)[C@@H](NC(=O)CC[C@H](NC(=O)c1ccc(NCc2cnc3nc(N)[nH]c(=O)c3n2)cc1)C(=O)O)[C@@H](O)[C@H](O)[C@H](O)CO)[C@@H](O)[C@H](O)[C@H](O)CO. The van der Waals surface area contributed by atoms with Crippen molar-refractivity contribution in [3.05, 3.63) is 52.1 Å². The molecule has 21 atom stereocenters. The number of hydrogen-bond donors (Lipinski definition) is 35. The van der Waals surface area contributed by atoms with E-state index >= 15 is 0 Å². The second-order valence-corrected chi connectivity index (χ2v) is 26.2. The minimum absolute atomic E-state index is 0.0318. The van der Waals surface area contributed by atoms with Crippen LogP contribution >= 0.6 is 12.6 Å². The number of aliphatic imine (C=N–C) groups is 1. The van der Waals surface area contributed by atoms with Gasteiger partial charge in [0, 0.05) is 55.8 Å². The molecule has 0 aliphatic carbocycles. The molecule has 9 amide bonds. The zero-order valence-corrected chi connectivity index (χ0v) is 63.1. The minimum atomic E-state index is -2.53. The summed E-state index contributed by atoms with van der Waals surface area (Å²) >= 11 is 3.75. The highest BCUT2D eigenvalue weighted by atomic mass is 32.1. The molecule has 0 saturated carbocycles. The maximum Gasteiger partial charge on any atom is 0.327 e. The van der Waals surface area contributed by atoms with Crippen LogP contribution in [0.5, 0.6) is 0 Å². The lowest BCUT2D eigenvalue weighted by Crippen LogP contribution is -2.64. The first-order valence-corrected chi connectivity index (χ1v) is 35.6. The Morgan fingerprint density at radius 2 is 0.897 bits per heavy atom. The third-order valence-corrected chi connectivity index (χ3v) is 17.1. The maximum absolute atomic E-state index is 13.9. The van der Waals surface area contributed by atoms with Crippen LogP contribution in [0.1, 0.15) is 81.3 Å². The second kappa shape index (κ2) is 50.6. The number of aromatic nitrogens is 4. The topological polar surface area (TPSA) is 909 Å². The van der Waals surface area contributed by atoms with E-state index in [1.807, 2.05) is 37.2 Å². The van der Waals surface area contributed by atoms with Crippen LogP contribution in [0.4, 0.5) is 11.6 Å². The average molecular weight is 1700 g/mol. The molecule has 2 aromatic heterocycles. The zero-order chi connectivity index (χ0) is 89.0. The smallest absolute Gasteiger partial charge is 0.327 e. The number of aliphatic hydroxyl groups is 16. The highest BCUT2D eigenvalue weighted by Crippen LogP contribution is 2.17. The Balaban J connectivity index is 0.000000918. The van der Waals surface area contributed by atoms with Gasteiger partial charge in [0.05, 0.1) is 44.9 Å². The quantitative estimate of drug-likeness (QED) is 0.0108. The number of aliphatic hydroxyl groups excluding tert-OH is 16. The van der Waals surface area contributed by atoms with Gasteiger partial charge in [-0.3, -0.25) is 67.5 Å². The number of rotatable bonds is 51. The highest BCUT2D eigenvalue weighted by Gasteiger charge is 2.44. The Hall–Kier alpha value is -10.9. The normalized spacial score (nSPS) is 16.7. The molecule has 53 heteroatoms. The lowest BCUT2D eigenvalue weighted by atomic mass is 9.98. The molecule has 52 nitrogen and oxygen atoms in total. The van der Waals surface area contributed by atoms with E-state index in [4.69, 9.17) is 32.5 Å². The fourth-order valence-electron chi connectivity index (χ4n) is 10.1. The fraction of sp³-hybridized carbons (Fsp3) is 0.594. The number of thiol groups is 1. The number of guanidine groups is 1. The van der Waals surface area contributed by atoms with Gasteiger partial charge in [0.15, 0.2) is 17.1 Å². The van der Waals surface area contributed by atoms with Gasteiger partial charge in [0.1, 0.15) is 122 Å². The summed E-state index contributed by atoms with van der Waals surface area (Å²) < 4.78 is 0. The van der Waals surface area contributed by atoms with E-state index in [9.17, 15) is 154 Å². The summed E-state index contributed by atoms with van der Waals surface area (Å²) in [6.45, 7) is -1.91. The van der Waals surface area contributed by atoms with Crippen molar-refractivity contribution in [1.82, 2.24) is 67.8 Å². The molecule has 0 saturated heterocycles. The molecular weight excluding hydrogens is 1600 g/mol. The first kappa shape index (κ1) is 102. The van der Waals surface area contributed by atoms with Crippen molar-refractivity contribution in [2.24, 2.45) is 16.5 Å². The number of carboxylic acid groups (broad SMARTS) is 4. The Morgan fingerprint density at radius 1 is 0.496 bits per heavy atom. The zero-order valence-electron chi connectivity index (χ0n) is 62.2. The molecule has 0 radical (unpaired) electrons. The summed E-state index contributed by atoms with van der Waals surface area (Å²) in [5.41, 5.74) is 16.3. The van der Waals surface area contributed by atoms with E-state index in [1.54, 1.807) is 0 Å². The Bertz CT molecular complexity index is 3910. The van der Waals surface area contributed by atoms with Crippen LogP contribution in [-0.2, 0) is 64.1 Å². The van der Waals surface area contributed by atoms with Crippen LogP contribution in [-0.4, -0.2) is 371 Å². The summed E-state index contributed by atoms with van der Waals surface area (Å²) in [6, 6.07) is -11.6. The number of carboxylic acids is 4. The van der Waals surface area contributed by atoms with Crippen molar-refractivity contribution in [2.45, 2.75) is 199 Å². The molecule has 3 rings (SSSR count). The van der Waals surface area contributed by atoms with Crippen molar-refractivity contribution < 1.29 is 164 Å². The van der Waals surface area contributed by atoms with Gasteiger partial charge < -0.3 is 172 Å². The van der Waals surface area contributed by atoms with Gasteiger partial charge in [-0.05, 0) is 63.3 Å². The van der Waals surface area contributed by atoms with Gasteiger partial charge in [0.25, 0.3) is 11.5 Å². The lowest BCUT2D eigenvalue weighted by Gasteiger charge is -2.32. The molecule has 0 unspecified atom stereocenters. The molecule has 37 N–H and O–H groups in total. The van der Waals surface area contributed by atoms with Crippen LogP contribution in [0, 0.1) is 0 Å². The number of carbonyl (C=O) groups is 13. The van der Waals surface area contributed by atoms with E-state index < -0.39 is 281 Å². The number of fused-ring (bicyclic) bond motifs is 1. The molecular formula is C64H100N18O34S. The molecule has 117 heavy (non-hydrogen) atoms. The van der Waals surface area contributed by atoms with Crippen molar-refractivity contribution >= 4 is 118 Å². The van der Waals surface area contributed by atoms with Crippen molar-refractivity contribution in [1.29, 1.82) is 0 Å². The van der Waals surface area contributed by atoms with Crippen molar-refractivity contribution in [3.63, 3.8) is 0 Å². The molecule has 1 aromatic carbocycles. The van der Waals surface area contributed by atoms with Gasteiger partial charge in [-0.1, -0.05) is 0 Å². The number of aliphatic carboxylic acids is 4. The van der Waals surface area contributed by atoms with E-state index in [1.165, 1.54) is 37.4 Å². The summed E-state index contributed by atoms with van der Waals surface area (Å²) in [6.07, 6.45) is -30.0. The number of amides is 9. The number of anilines is 2. The fourth-order valence-corrected chi connectivity index (χ4v) is 10.4. The molecule has 0 aliphatic heterocycles. The number of H-pyrrole nitrogens is 1. The molecule has 3 aromatic rings. The molecule has 0 spiro atoms. The summed E-state index contributed by atoms with van der Waals surface area (Å²) in [7, 11) is 0. The van der Waals surface area contributed by atoms with Gasteiger partial charge >= 0.3 is 23.9 Å². The molecule has 0 fully saturated rings. The first-order chi connectivity index (χ1) is 54.8. The first-order valence-electron chi connectivity index (χ1n) is 35.0. The summed E-state index contributed by atoms with van der Waals surface area (Å²) in [5.74, 6) is -18.7. The molecule has 2 heterocycles. The number of nitrogens with two attached hydrogens (primary N) is 3. The standard InChI is InChI=1S/C42H62N14O18.C22H38N4O16S/c1-17(3-2-12-46-41(43)44)49-37(70)28(33(67)31(65)24(60)16-58)54-36(69)21(9-11-26(62)63)51-38(71)27(32(66)30(64)23(59)15-57)53-25(61)10-8-22(40(73)74)52-35(68)18-4-6-19(7-5-18)47-13-20-14-48-34-29(50-20)39(72)56-42(45)55-34;1-7(29)23-13(17(36)15(34)10(30)4-27)20(39)24-8(2-3-12(32)33)19(38)26-14(18(37)16(35)11(31)5-28)21(40)25-9(6-43)22(41)42/h4-7,14,17,21-24,27-28,30-33,47,57-60,64-67H,2-3,8-13,15-16H2,1H3,(H,49,70)(H,51,71)(H,52,68)(H,53,61)(H,54,69)(H,62,63)(H,73,74)(H4,43,44,46)(H3,45,48,55,56,72);8-11,13-18,27-28,30-31,34-37,43H,2-6H2,1H3,(H,23,29)(H,24,39)(H,25,40)(H,26,38)(H,32,33)(H,41,42)/t17-,21+,22+,23-,24-,27+,28+,30-,31-,32-,33-;8-,9-,10+,11+,13-,14-,15+,16+,17+,18+/m10/s1. The minimum Gasteiger partial charge on any atom is -0.481 e. The monoisotopic (exact) mass is 1700 g/mol. The Kier molecular flexibility index (Phi) is 44.2. The van der Waals surface area contributed by atoms with E-state index in [2.05, 4.69) is 53.5 Å². The third kappa shape index (κ3) is 34.1. The summed E-state index contributed by atoms with van der Waals surface area (Å²) in [4.78, 5) is 195. The van der Waals surface area contributed by atoms with Gasteiger partial charge in [-0.2, -0.15) is 17.6 Å². The average Bonchev–Trinajstić information content (AvgIpc) is 0.824. The van der Waals surface area contributed by atoms with Crippen molar-refractivity contribution in [2.75, 3.05) is 49.8 Å². The van der Waals surface area contributed by atoms with Crippen LogP contribution in [0.25, 0.3) is 11.2 Å². The van der Waals surface area contributed by atoms with Gasteiger partial charge in [-0.15, -0.1) is 0 Å². The summed E-state index contributed by atoms with van der Waals surface area (Å²) in [5, 5.41) is 219. The Labute approximate surface area is 666 Å². The number of nitrogens with one attached hydrogen (secondary N) is 11. The lowest BCUT2D eigenvalue weighted by molar-refractivity contribution is -0.145. The van der Waals surface area contributed by atoms with Crippen LogP contribution in [0.2, 0.25) is 0 Å². The highest BCUT2D eigenvalue weighted by molar-refractivity contribution is 7.80. The van der Waals surface area contributed by atoms with Crippen molar-refractivity contribution in [3.8, 4) is 0 Å². The van der Waals surface area contributed by atoms with Gasteiger partial charge in [0.2, 0.25) is 53.2 Å². The number of hydrogen-bond acceptors (Lipinski definition) is 37. The molecule has 0 aliphatic rings.